The van der Waals surface area contributed by atoms with Crippen LogP contribution in [0, 0.1) is 0 Å². The highest BCUT2D eigenvalue weighted by molar-refractivity contribution is 5.94. The second kappa shape index (κ2) is 7.74. The lowest BCUT2D eigenvalue weighted by Crippen LogP contribution is -2.00. The molecule has 3 heteroatoms. The quantitative estimate of drug-likeness (QED) is 0.557. The summed E-state index contributed by atoms with van der Waals surface area (Å²) in [5.41, 5.74) is 7.93. The van der Waals surface area contributed by atoms with E-state index in [9.17, 15) is 4.39 Å². The van der Waals surface area contributed by atoms with Gasteiger partial charge in [-0.2, -0.15) is 0 Å². The van der Waals surface area contributed by atoms with Crippen LogP contribution in [0.4, 0.5) is 4.39 Å². The highest BCUT2D eigenvalue weighted by atomic mass is 19.1. The van der Waals surface area contributed by atoms with E-state index in [-0.39, 0.29) is 6.54 Å². The Bertz CT molecular complexity index is 387. The summed E-state index contributed by atoms with van der Waals surface area (Å²) in [6, 6.07) is 0. The van der Waals surface area contributed by atoms with E-state index in [2.05, 4.69) is 18.2 Å². The standard InChI is InChI=1S/C14H21FN2/c1-6-13(8-11(3)17-5)12(4)14(15)7-10(2)9-16/h7-8H,2,4,6,9,16H2,1,3,5H3/b13-8+,14-7+,17-11?. The lowest BCUT2D eigenvalue weighted by molar-refractivity contribution is 0.651. The number of aliphatic imine (C=N–C) groups is 1. The van der Waals surface area contributed by atoms with Crippen molar-refractivity contribution in [2.24, 2.45) is 10.7 Å². The minimum Gasteiger partial charge on any atom is -0.327 e. The summed E-state index contributed by atoms with van der Waals surface area (Å²) in [6.45, 7) is 11.4. The maximum absolute atomic E-state index is 13.8. The fraction of sp³-hybridized carbons (Fsp3) is 0.357. The smallest absolute Gasteiger partial charge is 0.130 e. The number of nitrogens with two attached hydrogens (primary N) is 1. The van der Waals surface area contributed by atoms with Gasteiger partial charge in [-0.15, -0.1) is 0 Å². The number of nitrogens with zero attached hydrogens (tertiary/aromatic N) is 1. The molecule has 0 aromatic carbocycles. The molecule has 0 aromatic rings. The first-order valence-corrected chi connectivity index (χ1v) is 5.54. The van der Waals surface area contributed by atoms with Crippen LogP contribution in [0.25, 0.3) is 0 Å². The number of allylic oxidation sites excluding steroid dienone is 4. The molecule has 0 unspecified atom stereocenters. The third-order valence-corrected chi connectivity index (χ3v) is 2.39. The van der Waals surface area contributed by atoms with E-state index in [0.29, 0.717) is 17.6 Å². The molecule has 17 heavy (non-hydrogen) atoms. The summed E-state index contributed by atoms with van der Waals surface area (Å²) in [5, 5.41) is 0. The third kappa shape index (κ3) is 5.41. The lowest BCUT2D eigenvalue weighted by atomic mass is 10.0. The van der Waals surface area contributed by atoms with Gasteiger partial charge in [0.05, 0.1) is 0 Å². The highest BCUT2D eigenvalue weighted by Crippen LogP contribution is 2.22. The van der Waals surface area contributed by atoms with E-state index >= 15 is 0 Å². The Labute approximate surface area is 103 Å². The molecule has 0 radical (unpaired) electrons. The summed E-state index contributed by atoms with van der Waals surface area (Å²) < 4.78 is 13.8. The van der Waals surface area contributed by atoms with Crippen molar-refractivity contribution in [2.45, 2.75) is 20.3 Å². The maximum atomic E-state index is 13.8. The molecule has 0 bridgehead atoms. The minimum absolute atomic E-state index is 0.237. The Balaban J connectivity index is 5.07. The second-order valence-electron chi connectivity index (χ2n) is 3.72. The monoisotopic (exact) mass is 236 g/mol. The molecule has 0 spiro atoms. The van der Waals surface area contributed by atoms with Crippen LogP contribution in [0.5, 0.6) is 0 Å². The number of hydrogen-bond donors (Lipinski definition) is 1. The Hall–Kier alpha value is -1.48. The van der Waals surface area contributed by atoms with Gasteiger partial charge in [0.25, 0.3) is 0 Å². The number of rotatable bonds is 6. The van der Waals surface area contributed by atoms with Crippen molar-refractivity contribution in [3.8, 4) is 0 Å². The van der Waals surface area contributed by atoms with Crippen LogP contribution in [0.3, 0.4) is 0 Å². The van der Waals surface area contributed by atoms with Crippen LogP contribution < -0.4 is 5.73 Å². The Kier molecular flexibility index (Phi) is 7.06. The molecule has 2 nitrogen and oxygen atoms in total. The molecule has 0 rings (SSSR count). The molecule has 0 aliphatic rings. The van der Waals surface area contributed by atoms with E-state index in [0.717, 1.165) is 11.3 Å². The molecule has 0 saturated carbocycles. The van der Waals surface area contributed by atoms with Crippen LogP contribution in [0.2, 0.25) is 0 Å². The van der Waals surface area contributed by atoms with E-state index < -0.39 is 5.83 Å². The molecular formula is C14H21FN2. The van der Waals surface area contributed by atoms with Gasteiger partial charge in [0.15, 0.2) is 0 Å². The molecule has 94 valence electrons. The first kappa shape index (κ1) is 15.5. The SMILES string of the molecule is C=C(/C=C(/F)C(=C)/C(=C/C(C)=NC)CC)CN. The molecule has 0 amide bonds. The summed E-state index contributed by atoms with van der Waals surface area (Å²) in [5.74, 6) is -0.391. The average molecular weight is 236 g/mol. The topological polar surface area (TPSA) is 38.4 Å². The predicted octanol–water partition coefficient (Wildman–Crippen LogP) is 3.34. The van der Waals surface area contributed by atoms with E-state index in [1.165, 1.54) is 6.08 Å². The number of hydrogen-bond acceptors (Lipinski definition) is 2. The summed E-state index contributed by atoms with van der Waals surface area (Å²) in [6.07, 6.45) is 3.85. The molecule has 0 atom stereocenters. The largest absolute Gasteiger partial charge is 0.327 e. The Morgan fingerprint density at radius 2 is 1.94 bits per heavy atom. The Morgan fingerprint density at radius 3 is 2.35 bits per heavy atom. The maximum Gasteiger partial charge on any atom is 0.130 e. The van der Waals surface area contributed by atoms with Crippen molar-refractivity contribution in [2.75, 3.05) is 13.6 Å². The summed E-state index contributed by atoms with van der Waals surface area (Å²) in [4.78, 5) is 4.01. The van der Waals surface area contributed by atoms with Gasteiger partial charge in [-0.1, -0.05) is 20.1 Å². The predicted molar refractivity (Wildman–Crippen MR) is 73.9 cm³/mol. The Morgan fingerprint density at radius 1 is 1.35 bits per heavy atom. The van der Waals surface area contributed by atoms with Crippen LogP contribution in [-0.4, -0.2) is 19.3 Å². The van der Waals surface area contributed by atoms with Crippen molar-refractivity contribution in [1.82, 2.24) is 0 Å². The average Bonchev–Trinajstić information content (AvgIpc) is 2.34. The normalized spacial score (nSPS) is 13.8. The molecule has 0 fully saturated rings. The van der Waals surface area contributed by atoms with Crippen LogP contribution in [0.15, 0.2) is 52.8 Å². The molecule has 0 aliphatic heterocycles. The van der Waals surface area contributed by atoms with E-state index in [4.69, 9.17) is 5.73 Å². The van der Waals surface area contributed by atoms with Crippen molar-refractivity contribution in [1.29, 1.82) is 0 Å². The number of halogens is 1. The third-order valence-electron chi connectivity index (χ3n) is 2.39. The van der Waals surface area contributed by atoms with Crippen molar-refractivity contribution >= 4 is 5.71 Å². The van der Waals surface area contributed by atoms with Gasteiger partial charge < -0.3 is 5.73 Å². The highest BCUT2D eigenvalue weighted by Gasteiger charge is 2.07. The van der Waals surface area contributed by atoms with Crippen molar-refractivity contribution in [3.05, 3.63) is 47.9 Å². The summed E-state index contributed by atoms with van der Waals surface area (Å²) in [7, 11) is 1.70. The lowest BCUT2D eigenvalue weighted by Gasteiger charge is -2.07. The first-order valence-electron chi connectivity index (χ1n) is 5.54. The van der Waals surface area contributed by atoms with Crippen LogP contribution in [0.1, 0.15) is 20.3 Å². The fourth-order valence-corrected chi connectivity index (χ4v) is 1.20. The van der Waals surface area contributed by atoms with Crippen LogP contribution in [-0.2, 0) is 0 Å². The van der Waals surface area contributed by atoms with Gasteiger partial charge in [-0.05, 0) is 36.6 Å². The van der Waals surface area contributed by atoms with Gasteiger partial charge in [0.1, 0.15) is 5.83 Å². The molecule has 0 aliphatic carbocycles. The fourth-order valence-electron chi connectivity index (χ4n) is 1.20. The molecule has 0 saturated heterocycles. The van der Waals surface area contributed by atoms with Gasteiger partial charge in [0.2, 0.25) is 0 Å². The van der Waals surface area contributed by atoms with Crippen molar-refractivity contribution in [3.63, 3.8) is 0 Å². The summed E-state index contributed by atoms with van der Waals surface area (Å²) >= 11 is 0. The van der Waals surface area contributed by atoms with Crippen LogP contribution >= 0.6 is 0 Å². The molecule has 0 heterocycles. The van der Waals surface area contributed by atoms with Gasteiger partial charge >= 0.3 is 0 Å². The van der Waals surface area contributed by atoms with Gasteiger partial charge in [-0.3, -0.25) is 4.99 Å². The zero-order chi connectivity index (χ0) is 13.4. The zero-order valence-corrected chi connectivity index (χ0v) is 10.9. The van der Waals surface area contributed by atoms with Crippen molar-refractivity contribution < 1.29 is 4.39 Å². The van der Waals surface area contributed by atoms with Gasteiger partial charge in [-0.25, -0.2) is 4.39 Å². The first-order chi connectivity index (χ1) is 7.96. The minimum atomic E-state index is -0.391. The molecule has 0 aromatic heterocycles. The van der Waals surface area contributed by atoms with Gasteiger partial charge in [0, 0.05) is 24.9 Å². The molecular weight excluding hydrogens is 215 g/mol. The second-order valence-corrected chi connectivity index (χ2v) is 3.72. The van der Waals surface area contributed by atoms with E-state index in [1.807, 2.05) is 19.9 Å². The molecule has 2 N–H and O–H groups in total. The zero-order valence-electron chi connectivity index (χ0n) is 10.9. The van der Waals surface area contributed by atoms with E-state index in [1.54, 1.807) is 7.05 Å².